The first-order chi connectivity index (χ1) is 8.83. The molecule has 0 aliphatic rings. The zero-order valence-corrected chi connectivity index (χ0v) is 12.0. The first kappa shape index (κ1) is 16.4. The molecule has 0 atom stereocenters. The molecule has 0 heterocycles. The summed E-state index contributed by atoms with van der Waals surface area (Å²) in [7, 11) is -3.84. The molecule has 0 fully saturated rings. The molecule has 0 radical (unpaired) electrons. The topological polar surface area (TPSA) is 55.4 Å². The van der Waals surface area contributed by atoms with Gasteiger partial charge < -0.3 is 4.74 Å². The van der Waals surface area contributed by atoms with Crippen LogP contribution in [-0.2, 0) is 14.8 Å². The zero-order valence-electron chi connectivity index (χ0n) is 9.58. The molecule has 0 saturated carbocycles. The van der Waals surface area contributed by atoms with Crippen LogP contribution in [0.1, 0.15) is 0 Å². The number of rotatable bonds is 7. The second-order valence-electron chi connectivity index (χ2n) is 3.44. The van der Waals surface area contributed by atoms with Gasteiger partial charge in [-0.3, -0.25) is 0 Å². The Bertz CT molecular complexity index is 525. The molecule has 1 aromatic carbocycles. The van der Waals surface area contributed by atoms with E-state index < -0.39 is 28.9 Å². The molecule has 19 heavy (non-hydrogen) atoms. The predicted molar refractivity (Wildman–Crippen MR) is 66.1 cm³/mol. The van der Waals surface area contributed by atoms with E-state index in [9.17, 15) is 21.6 Å². The fraction of sp³-hybridized carbons (Fsp3) is 0.400. The molecule has 0 saturated heterocycles. The second kappa shape index (κ2) is 7.22. The van der Waals surface area contributed by atoms with Crippen molar-refractivity contribution in [2.24, 2.45) is 0 Å². The monoisotopic (exact) mass is 361 g/mol. The van der Waals surface area contributed by atoms with Gasteiger partial charge >= 0.3 is 0 Å². The summed E-state index contributed by atoms with van der Waals surface area (Å²) >= 11 is 2.94. The normalized spacial score (nSPS) is 12.1. The van der Waals surface area contributed by atoms with Crippen LogP contribution in [0.3, 0.4) is 0 Å². The van der Waals surface area contributed by atoms with Crippen molar-refractivity contribution in [3.8, 4) is 0 Å². The highest BCUT2D eigenvalue weighted by Crippen LogP contribution is 2.22. The van der Waals surface area contributed by atoms with E-state index in [0.29, 0.717) is 0 Å². The Balaban J connectivity index is 2.56. The van der Waals surface area contributed by atoms with Gasteiger partial charge in [0.2, 0.25) is 10.0 Å². The minimum Gasteiger partial charge on any atom is -0.374 e. The van der Waals surface area contributed by atoms with Gasteiger partial charge in [-0.15, -0.1) is 0 Å². The number of hydrogen-bond donors (Lipinski definition) is 1. The lowest BCUT2D eigenvalue weighted by Gasteiger charge is -2.09. The highest BCUT2D eigenvalue weighted by atomic mass is 79.9. The van der Waals surface area contributed by atoms with Crippen LogP contribution in [0.4, 0.5) is 13.2 Å². The van der Waals surface area contributed by atoms with Gasteiger partial charge in [0.15, 0.2) is 0 Å². The van der Waals surface area contributed by atoms with Crippen LogP contribution in [0.15, 0.2) is 27.6 Å². The minimum atomic E-state index is -3.84. The molecule has 0 amide bonds. The predicted octanol–water partition coefficient (Wildman–Crippen LogP) is 2.15. The van der Waals surface area contributed by atoms with Crippen molar-refractivity contribution in [3.63, 3.8) is 0 Å². The maximum absolute atomic E-state index is 12.8. The standard InChI is InChI=1S/C10H11BrF3NO3S/c11-8-5-7(12)1-2-9(8)19(16,17)15-3-4-18-6-10(13)14/h1-2,5,10,15H,3-4,6H2. The van der Waals surface area contributed by atoms with Gasteiger partial charge in [-0.05, 0) is 34.1 Å². The summed E-state index contributed by atoms with van der Waals surface area (Å²) in [5.74, 6) is -0.578. The molecule has 1 rings (SSSR count). The summed E-state index contributed by atoms with van der Waals surface area (Å²) in [4.78, 5) is -0.136. The maximum atomic E-state index is 12.8. The van der Waals surface area contributed by atoms with Crippen molar-refractivity contribution in [2.75, 3.05) is 19.8 Å². The molecule has 4 nitrogen and oxygen atoms in total. The smallest absolute Gasteiger partial charge is 0.261 e. The van der Waals surface area contributed by atoms with E-state index in [2.05, 4.69) is 25.4 Å². The zero-order chi connectivity index (χ0) is 14.5. The molecular weight excluding hydrogens is 351 g/mol. The summed E-state index contributed by atoms with van der Waals surface area (Å²) in [5.41, 5.74) is 0. The van der Waals surface area contributed by atoms with Crippen molar-refractivity contribution in [2.45, 2.75) is 11.3 Å². The Kier molecular flexibility index (Phi) is 6.24. The molecule has 1 N–H and O–H groups in total. The van der Waals surface area contributed by atoms with Crippen LogP contribution in [0.2, 0.25) is 0 Å². The van der Waals surface area contributed by atoms with Crippen molar-refractivity contribution < 1.29 is 26.3 Å². The van der Waals surface area contributed by atoms with Crippen molar-refractivity contribution in [1.82, 2.24) is 4.72 Å². The van der Waals surface area contributed by atoms with E-state index in [0.717, 1.165) is 18.2 Å². The third-order valence-electron chi connectivity index (χ3n) is 1.97. The largest absolute Gasteiger partial charge is 0.374 e. The van der Waals surface area contributed by atoms with E-state index in [-0.39, 0.29) is 22.5 Å². The average Bonchev–Trinajstić information content (AvgIpc) is 2.27. The molecule has 0 spiro atoms. The summed E-state index contributed by atoms with van der Waals surface area (Å²) in [6.07, 6.45) is -2.59. The summed E-state index contributed by atoms with van der Waals surface area (Å²) in [6, 6.07) is 3.12. The lowest BCUT2D eigenvalue weighted by atomic mass is 10.3. The van der Waals surface area contributed by atoms with Crippen LogP contribution in [0, 0.1) is 5.82 Å². The van der Waals surface area contributed by atoms with Gasteiger partial charge in [-0.2, -0.15) is 0 Å². The van der Waals surface area contributed by atoms with Gasteiger partial charge in [-0.25, -0.2) is 26.3 Å². The highest BCUT2D eigenvalue weighted by Gasteiger charge is 2.17. The molecule has 108 valence electrons. The Morgan fingerprint density at radius 3 is 2.63 bits per heavy atom. The molecule has 0 unspecified atom stereocenters. The quantitative estimate of drug-likeness (QED) is 0.757. The Morgan fingerprint density at radius 2 is 2.05 bits per heavy atom. The molecule has 1 aromatic rings. The van der Waals surface area contributed by atoms with Crippen LogP contribution in [0.5, 0.6) is 0 Å². The number of ether oxygens (including phenoxy) is 1. The van der Waals surface area contributed by atoms with Crippen LogP contribution in [0.25, 0.3) is 0 Å². The third-order valence-corrected chi connectivity index (χ3v) is 4.40. The maximum Gasteiger partial charge on any atom is 0.261 e. The number of halogens is 4. The van der Waals surface area contributed by atoms with Crippen molar-refractivity contribution in [1.29, 1.82) is 0 Å². The molecule has 0 bridgehead atoms. The van der Waals surface area contributed by atoms with Gasteiger partial charge in [0.05, 0.1) is 11.5 Å². The fourth-order valence-electron chi connectivity index (χ4n) is 1.19. The van der Waals surface area contributed by atoms with E-state index in [1.54, 1.807) is 0 Å². The van der Waals surface area contributed by atoms with Gasteiger partial charge in [0.1, 0.15) is 12.4 Å². The minimum absolute atomic E-state index is 0.0773. The first-order valence-corrected chi connectivity index (χ1v) is 7.41. The van der Waals surface area contributed by atoms with Gasteiger partial charge in [-0.1, -0.05) is 0 Å². The van der Waals surface area contributed by atoms with Crippen LogP contribution in [-0.4, -0.2) is 34.6 Å². The summed E-state index contributed by atoms with van der Waals surface area (Å²) in [6.45, 7) is -1.08. The van der Waals surface area contributed by atoms with Crippen molar-refractivity contribution in [3.05, 3.63) is 28.5 Å². The lowest BCUT2D eigenvalue weighted by molar-refractivity contribution is 0.0199. The number of alkyl halides is 2. The number of sulfonamides is 1. The van der Waals surface area contributed by atoms with E-state index in [4.69, 9.17) is 0 Å². The van der Waals surface area contributed by atoms with Gasteiger partial charge in [0, 0.05) is 11.0 Å². The fourth-order valence-corrected chi connectivity index (χ4v) is 3.25. The Morgan fingerprint density at radius 1 is 1.37 bits per heavy atom. The third kappa shape index (κ3) is 5.47. The highest BCUT2D eigenvalue weighted by molar-refractivity contribution is 9.10. The Hall–Kier alpha value is -0.640. The molecule has 0 aliphatic carbocycles. The van der Waals surface area contributed by atoms with Gasteiger partial charge in [0.25, 0.3) is 6.43 Å². The number of hydrogen-bond acceptors (Lipinski definition) is 3. The van der Waals surface area contributed by atoms with Crippen LogP contribution < -0.4 is 4.72 Å². The van der Waals surface area contributed by atoms with Crippen LogP contribution >= 0.6 is 15.9 Å². The summed E-state index contributed by atoms with van der Waals surface area (Å²) < 4.78 is 66.7. The molecule has 0 aliphatic heterocycles. The lowest BCUT2D eigenvalue weighted by Crippen LogP contribution is -2.28. The average molecular weight is 362 g/mol. The molecular formula is C10H11BrF3NO3S. The number of nitrogens with one attached hydrogen (secondary N) is 1. The summed E-state index contributed by atoms with van der Waals surface area (Å²) in [5, 5.41) is 0. The van der Waals surface area contributed by atoms with E-state index in [1.807, 2.05) is 0 Å². The van der Waals surface area contributed by atoms with Crippen molar-refractivity contribution >= 4 is 26.0 Å². The molecule has 0 aromatic heterocycles. The molecule has 9 heteroatoms. The van der Waals surface area contributed by atoms with E-state index >= 15 is 0 Å². The van der Waals surface area contributed by atoms with E-state index in [1.165, 1.54) is 0 Å². The Labute approximate surface area is 117 Å². The SMILES string of the molecule is O=S(=O)(NCCOCC(F)F)c1ccc(F)cc1Br. The first-order valence-electron chi connectivity index (χ1n) is 5.13. The second-order valence-corrected chi connectivity index (χ2v) is 6.03. The number of benzene rings is 1.